The lowest BCUT2D eigenvalue weighted by Gasteiger charge is -2.16. The number of carboxylic acid groups (broad SMARTS) is 1. The number of aliphatic carboxylic acids is 1. The Morgan fingerprint density at radius 1 is 1.31 bits per heavy atom. The van der Waals surface area contributed by atoms with E-state index in [1.165, 1.54) is 11.3 Å². The van der Waals surface area contributed by atoms with Crippen LogP contribution in [0.5, 0.6) is 0 Å². The van der Waals surface area contributed by atoms with Crippen molar-refractivity contribution in [3.63, 3.8) is 0 Å². The first-order chi connectivity index (χ1) is 7.41. The molecule has 0 unspecified atom stereocenters. The van der Waals surface area contributed by atoms with Gasteiger partial charge in [-0.3, -0.25) is 0 Å². The lowest BCUT2D eigenvalue weighted by Crippen LogP contribution is -2.34. The Kier molecular flexibility index (Phi) is 4.23. The third-order valence-corrected chi connectivity index (χ3v) is 3.30. The summed E-state index contributed by atoms with van der Waals surface area (Å²) in [6.07, 6.45) is 0. The zero-order chi connectivity index (χ0) is 12.3. The van der Waals surface area contributed by atoms with Crippen LogP contribution in [0, 0.1) is 5.92 Å². The maximum Gasteiger partial charge on any atom is 0.326 e. The molecule has 0 bridgehead atoms. The molecule has 0 amide bonds. The van der Waals surface area contributed by atoms with Gasteiger partial charge in [-0.05, 0) is 5.92 Å². The summed E-state index contributed by atoms with van der Waals surface area (Å²) in [6, 6.07) is -0.618. The van der Waals surface area contributed by atoms with E-state index in [0.717, 1.165) is 5.01 Å². The minimum atomic E-state index is -0.865. The van der Waals surface area contributed by atoms with Gasteiger partial charge in [-0.25, -0.2) is 4.79 Å². The van der Waals surface area contributed by atoms with E-state index in [9.17, 15) is 4.79 Å². The first-order valence-electron chi connectivity index (χ1n) is 5.24. The molecule has 1 aromatic rings. The van der Waals surface area contributed by atoms with Crippen molar-refractivity contribution in [2.45, 2.75) is 39.7 Å². The van der Waals surface area contributed by atoms with Gasteiger partial charge in [0, 0.05) is 5.92 Å². The Bertz CT molecular complexity index is 363. The van der Waals surface area contributed by atoms with Crippen LogP contribution >= 0.6 is 11.3 Å². The second-order valence-electron chi connectivity index (χ2n) is 4.30. The molecule has 16 heavy (non-hydrogen) atoms. The molecule has 0 fully saturated rings. The number of anilines is 1. The highest BCUT2D eigenvalue weighted by atomic mass is 32.1. The SMILES string of the molecule is CC(C)c1nnc(N[C@@H](C(=O)O)C(C)C)s1. The van der Waals surface area contributed by atoms with E-state index >= 15 is 0 Å². The first-order valence-corrected chi connectivity index (χ1v) is 6.06. The van der Waals surface area contributed by atoms with Crippen LogP contribution in [0.3, 0.4) is 0 Å². The molecule has 6 heteroatoms. The zero-order valence-corrected chi connectivity index (χ0v) is 10.7. The lowest BCUT2D eigenvalue weighted by atomic mass is 10.1. The van der Waals surface area contributed by atoms with E-state index in [0.29, 0.717) is 11.0 Å². The predicted octanol–water partition coefficient (Wildman–Crippen LogP) is 2.18. The highest BCUT2D eigenvalue weighted by Crippen LogP contribution is 2.23. The fourth-order valence-corrected chi connectivity index (χ4v) is 1.96. The van der Waals surface area contributed by atoms with E-state index in [1.807, 2.05) is 27.7 Å². The van der Waals surface area contributed by atoms with Crippen molar-refractivity contribution < 1.29 is 9.90 Å². The molecule has 0 aliphatic heterocycles. The molecule has 5 nitrogen and oxygen atoms in total. The molecular formula is C10H17N3O2S. The number of rotatable bonds is 5. The molecule has 0 aliphatic rings. The minimum absolute atomic E-state index is 0.00361. The van der Waals surface area contributed by atoms with Gasteiger partial charge >= 0.3 is 5.97 Å². The fourth-order valence-electron chi connectivity index (χ4n) is 1.17. The summed E-state index contributed by atoms with van der Waals surface area (Å²) in [4.78, 5) is 11.0. The fraction of sp³-hybridized carbons (Fsp3) is 0.700. The number of carbonyl (C=O) groups is 1. The van der Waals surface area contributed by atoms with E-state index in [4.69, 9.17) is 5.11 Å². The minimum Gasteiger partial charge on any atom is -0.480 e. The van der Waals surface area contributed by atoms with Gasteiger partial charge in [0.1, 0.15) is 11.0 Å². The third-order valence-electron chi connectivity index (χ3n) is 2.15. The normalized spacial score (nSPS) is 13.1. The highest BCUT2D eigenvalue weighted by molar-refractivity contribution is 7.15. The van der Waals surface area contributed by atoms with E-state index in [1.54, 1.807) is 0 Å². The maximum absolute atomic E-state index is 11.0. The topological polar surface area (TPSA) is 75.1 Å². The summed E-state index contributed by atoms with van der Waals surface area (Å²) in [6.45, 7) is 7.77. The third kappa shape index (κ3) is 3.16. The van der Waals surface area contributed by atoms with Gasteiger partial charge < -0.3 is 10.4 Å². The standard InChI is InChI=1S/C10H17N3O2S/c1-5(2)7(9(14)15)11-10-13-12-8(16-10)6(3)4/h5-7H,1-4H3,(H,11,13)(H,14,15)/t7-/m1/s1. The number of carboxylic acids is 1. The van der Waals surface area contributed by atoms with Crippen molar-refractivity contribution in [1.29, 1.82) is 0 Å². The number of aromatic nitrogens is 2. The molecule has 0 spiro atoms. The number of hydrogen-bond donors (Lipinski definition) is 2. The van der Waals surface area contributed by atoms with Crippen LogP contribution < -0.4 is 5.32 Å². The number of hydrogen-bond acceptors (Lipinski definition) is 5. The van der Waals surface area contributed by atoms with E-state index in [2.05, 4.69) is 15.5 Å². The van der Waals surface area contributed by atoms with Crippen LogP contribution in [0.1, 0.15) is 38.6 Å². The molecule has 1 rings (SSSR count). The number of nitrogens with one attached hydrogen (secondary N) is 1. The van der Waals surface area contributed by atoms with Gasteiger partial charge in [0.05, 0.1) is 0 Å². The second-order valence-corrected chi connectivity index (χ2v) is 5.31. The molecular weight excluding hydrogens is 226 g/mol. The van der Waals surface area contributed by atoms with Crippen LogP contribution in [-0.4, -0.2) is 27.3 Å². The summed E-state index contributed by atoms with van der Waals surface area (Å²) in [7, 11) is 0. The number of nitrogens with zero attached hydrogens (tertiary/aromatic N) is 2. The molecule has 0 saturated heterocycles. The largest absolute Gasteiger partial charge is 0.480 e. The second kappa shape index (κ2) is 5.25. The Morgan fingerprint density at radius 2 is 1.94 bits per heavy atom. The summed E-state index contributed by atoms with van der Waals surface area (Å²) in [5, 5.41) is 21.3. The maximum atomic E-state index is 11.0. The van der Waals surface area contributed by atoms with Gasteiger partial charge in [-0.15, -0.1) is 10.2 Å². The summed E-state index contributed by atoms with van der Waals surface area (Å²) in [5.41, 5.74) is 0. The molecule has 90 valence electrons. The van der Waals surface area contributed by atoms with Crippen molar-refractivity contribution >= 4 is 22.4 Å². The molecule has 1 atom stereocenters. The molecule has 0 radical (unpaired) electrons. The summed E-state index contributed by atoms with van der Waals surface area (Å²) < 4.78 is 0. The Balaban J connectivity index is 2.74. The zero-order valence-electron chi connectivity index (χ0n) is 9.89. The van der Waals surface area contributed by atoms with Gasteiger partial charge in [0.15, 0.2) is 0 Å². The molecule has 2 N–H and O–H groups in total. The van der Waals surface area contributed by atoms with Crippen LogP contribution in [0.2, 0.25) is 0 Å². The molecule has 1 heterocycles. The van der Waals surface area contributed by atoms with Crippen LogP contribution in [-0.2, 0) is 4.79 Å². The smallest absolute Gasteiger partial charge is 0.326 e. The van der Waals surface area contributed by atoms with Gasteiger partial charge in [-0.1, -0.05) is 39.0 Å². The first kappa shape index (κ1) is 12.9. The highest BCUT2D eigenvalue weighted by Gasteiger charge is 2.22. The predicted molar refractivity (Wildman–Crippen MR) is 63.9 cm³/mol. The van der Waals surface area contributed by atoms with E-state index in [-0.39, 0.29) is 5.92 Å². The molecule has 1 aromatic heterocycles. The van der Waals surface area contributed by atoms with Crippen molar-refractivity contribution in [2.24, 2.45) is 5.92 Å². The van der Waals surface area contributed by atoms with E-state index < -0.39 is 12.0 Å². The van der Waals surface area contributed by atoms with Crippen LogP contribution in [0.25, 0.3) is 0 Å². The monoisotopic (exact) mass is 243 g/mol. The average Bonchev–Trinajstić information content (AvgIpc) is 2.61. The quantitative estimate of drug-likeness (QED) is 0.829. The molecule has 0 aromatic carbocycles. The van der Waals surface area contributed by atoms with Crippen LogP contribution in [0.4, 0.5) is 5.13 Å². The molecule has 0 aliphatic carbocycles. The summed E-state index contributed by atoms with van der Waals surface area (Å²) >= 11 is 1.41. The Morgan fingerprint density at radius 3 is 2.31 bits per heavy atom. The van der Waals surface area contributed by atoms with Gasteiger partial charge in [-0.2, -0.15) is 0 Å². The van der Waals surface area contributed by atoms with Gasteiger partial charge in [0.2, 0.25) is 5.13 Å². The van der Waals surface area contributed by atoms with Crippen molar-refractivity contribution in [2.75, 3.05) is 5.32 Å². The van der Waals surface area contributed by atoms with Crippen molar-refractivity contribution in [1.82, 2.24) is 10.2 Å². The summed E-state index contributed by atoms with van der Waals surface area (Å²) in [5.74, 6) is -0.546. The molecule has 0 saturated carbocycles. The Labute approximate surface area is 98.9 Å². The van der Waals surface area contributed by atoms with Crippen molar-refractivity contribution in [3.8, 4) is 0 Å². The lowest BCUT2D eigenvalue weighted by molar-refractivity contribution is -0.138. The van der Waals surface area contributed by atoms with Crippen LogP contribution in [0.15, 0.2) is 0 Å². The average molecular weight is 243 g/mol. The van der Waals surface area contributed by atoms with Crippen molar-refractivity contribution in [3.05, 3.63) is 5.01 Å². The van der Waals surface area contributed by atoms with Gasteiger partial charge in [0.25, 0.3) is 0 Å². The Hall–Kier alpha value is -1.17.